The molecule has 0 spiro atoms. The van der Waals surface area contributed by atoms with Crippen molar-refractivity contribution in [3.05, 3.63) is 83.9 Å². The van der Waals surface area contributed by atoms with Gasteiger partial charge in [-0.25, -0.2) is 4.79 Å². The second-order valence-electron chi connectivity index (χ2n) is 6.85. The van der Waals surface area contributed by atoms with E-state index in [1.807, 2.05) is 86.7 Å². The van der Waals surface area contributed by atoms with Crippen molar-refractivity contribution < 1.29 is 14.3 Å². The highest BCUT2D eigenvalue weighted by molar-refractivity contribution is 6.76. The van der Waals surface area contributed by atoms with Crippen molar-refractivity contribution in [2.24, 2.45) is 0 Å². The van der Waals surface area contributed by atoms with Gasteiger partial charge in [-0.3, -0.25) is 15.0 Å². The summed E-state index contributed by atoms with van der Waals surface area (Å²) in [5.41, 5.74) is 0.169. The van der Waals surface area contributed by atoms with Gasteiger partial charge in [0.15, 0.2) is 5.72 Å². The van der Waals surface area contributed by atoms with E-state index in [0.717, 1.165) is 11.1 Å². The fraction of sp³-hybridized carbons (Fsp3) is 0.273. The van der Waals surface area contributed by atoms with E-state index in [4.69, 9.17) is 39.5 Å². The molecule has 0 aliphatic carbocycles. The van der Waals surface area contributed by atoms with Crippen LogP contribution in [0.15, 0.2) is 72.8 Å². The molecule has 1 heterocycles. The lowest BCUT2D eigenvalue weighted by Crippen LogP contribution is -2.56. The number of hydrogen-bond donors (Lipinski definition) is 1. The Balaban J connectivity index is 2.18. The summed E-state index contributed by atoms with van der Waals surface area (Å²) in [6.07, 6.45) is 3.30. The van der Waals surface area contributed by atoms with Crippen molar-refractivity contribution in [1.82, 2.24) is 10.2 Å². The predicted octanol–water partition coefficient (Wildman–Crippen LogP) is 5.16. The van der Waals surface area contributed by atoms with Crippen LogP contribution < -0.4 is 5.32 Å². The molecule has 3 amide bonds. The van der Waals surface area contributed by atoms with Gasteiger partial charge in [-0.2, -0.15) is 0 Å². The number of hydrogen-bond acceptors (Lipinski definition) is 3. The molecule has 3 rings (SSSR count). The number of imide groups is 1. The smallest absolute Gasteiger partial charge is 0.327 e. The molecule has 0 bridgehead atoms. The van der Waals surface area contributed by atoms with E-state index in [-0.39, 0.29) is 0 Å². The second-order valence-corrected chi connectivity index (χ2v) is 9.13. The number of alkyl halides is 3. The summed E-state index contributed by atoms with van der Waals surface area (Å²) in [6, 6.07) is 17.5. The van der Waals surface area contributed by atoms with Crippen molar-refractivity contribution in [2.45, 2.75) is 35.5 Å². The van der Waals surface area contributed by atoms with E-state index < -0.39 is 33.6 Å². The van der Waals surface area contributed by atoms with Crippen LogP contribution in [0.1, 0.15) is 25.0 Å². The molecule has 1 aliphatic rings. The SMILES string of the molecule is C/C=C/[C@@H]1OC(c2ccccc2)(c2ccccc2)N(C(=O)NC(=O)C(Cl)(Cl)Cl)[C@H]1C. The van der Waals surface area contributed by atoms with Crippen molar-refractivity contribution in [3.63, 3.8) is 0 Å². The molecule has 1 saturated heterocycles. The van der Waals surface area contributed by atoms with Gasteiger partial charge in [0.25, 0.3) is 9.70 Å². The van der Waals surface area contributed by atoms with E-state index in [0.29, 0.717) is 0 Å². The Morgan fingerprint density at radius 2 is 1.53 bits per heavy atom. The van der Waals surface area contributed by atoms with Crippen LogP contribution in [-0.4, -0.2) is 32.8 Å². The molecule has 1 N–H and O–H groups in total. The average molecular weight is 468 g/mol. The lowest BCUT2D eigenvalue weighted by molar-refractivity contribution is -0.119. The summed E-state index contributed by atoms with van der Waals surface area (Å²) in [4.78, 5) is 27.0. The number of halogens is 3. The minimum atomic E-state index is -2.27. The first kappa shape index (κ1) is 22.6. The lowest BCUT2D eigenvalue weighted by Gasteiger charge is -2.39. The standard InChI is InChI=1S/C22H21Cl3N2O3/c1-3-10-18-15(2)27(20(29)26-19(28)22(23,24)25)21(30-18,16-11-6-4-7-12-16)17-13-8-5-9-14-17/h3-15,18H,1-2H3,(H,26,28,29)/b10-3+/t15-,18-/m0/s1. The molecule has 2 atom stereocenters. The summed E-state index contributed by atoms with van der Waals surface area (Å²) >= 11 is 17.0. The highest BCUT2D eigenvalue weighted by atomic mass is 35.6. The Bertz CT molecular complexity index is 890. The highest BCUT2D eigenvalue weighted by Gasteiger charge is 2.55. The van der Waals surface area contributed by atoms with Crippen LogP contribution in [0.25, 0.3) is 0 Å². The molecule has 1 aliphatic heterocycles. The Morgan fingerprint density at radius 1 is 1.03 bits per heavy atom. The Hall–Kier alpha value is -2.05. The molecule has 2 aromatic rings. The summed E-state index contributed by atoms with van der Waals surface area (Å²) < 4.78 is 4.27. The van der Waals surface area contributed by atoms with Crippen molar-refractivity contribution >= 4 is 46.7 Å². The minimum absolute atomic E-state index is 0.426. The molecule has 0 radical (unpaired) electrons. The number of benzene rings is 2. The highest BCUT2D eigenvalue weighted by Crippen LogP contribution is 2.46. The van der Waals surface area contributed by atoms with Crippen LogP contribution in [0, 0.1) is 0 Å². The lowest BCUT2D eigenvalue weighted by atomic mass is 9.92. The molecule has 5 nitrogen and oxygen atoms in total. The fourth-order valence-corrected chi connectivity index (χ4v) is 3.78. The van der Waals surface area contributed by atoms with E-state index >= 15 is 0 Å². The van der Waals surface area contributed by atoms with Crippen LogP contribution in [0.2, 0.25) is 0 Å². The van der Waals surface area contributed by atoms with Gasteiger partial charge < -0.3 is 4.74 Å². The Kier molecular flexibility index (Phi) is 6.78. The zero-order valence-corrected chi connectivity index (χ0v) is 18.7. The molecule has 2 aromatic carbocycles. The van der Waals surface area contributed by atoms with Gasteiger partial charge in [0, 0.05) is 11.1 Å². The number of allylic oxidation sites excluding steroid dienone is 1. The largest absolute Gasteiger partial charge is 0.337 e. The molecule has 0 unspecified atom stereocenters. The van der Waals surface area contributed by atoms with Crippen molar-refractivity contribution in [1.29, 1.82) is 0 Å². The number of nitrogens with one attached hydrogen (secondary N) is 1. The average Bonchev–Trinajstić information content (AvgIpc) is 3.02. The van der Waals surface area contributed by atoms with Crippen LogP contribution in [-0.2, 0) is 15.3 Å². The van der Waals surface area contributed by atoms with Crippen LogP contribution in [0.3, 0.4) is 0 Å². The number of rotatable bonds is 3. The van der Waals surface area contributed by atoms with Gasteiger partial charge in [0.05, 0.1) is 12.1 Å². The van der Waals surface area contributed by atoms with Crippen molar-refractivity contribution in [2.75, 3.05) is 0 Å². The molecular weight excluding hydrogens is 447 g/mol. The number of nitrogens with zero attached hydrogens (tertiary/aromatic N) is 1. The first-order chi connectivity index (χ1) is 14.2. The normalized spacial score (nSPS) is 21.0. The second kappa shape index (κ2) is 8.98. The summed E-state index contributed by atoms with van der Waals surface area (Å²) in [7, 11) is 0. The summed E-state index contributed by atoms with van der Waals surface area (Å²) in [5.74, 6) is -1.03. The quantitative estimate of drug-likeness (QED) is 0.501. The third-order valence-electron chi connectivity index (χ3n) is 4.94. The van der Waals surface area contributed by atoms with Gasteiger partial charge in [-0.15, -0.1) is 0 Å². The topological polar surface area (TPSA) is 58.6 Å². The molecular formula is C22H21Cl3N2O3. The van der Waals surface area contributed by atoms with Gasteiger partial charge in [0.2, 0.25) is 0 Å². The van der Waals surface area contributed by atoms with Gasteiger partial charge in [0.1, 0.15) is 0 Å². The van der Waals surface area contributed by atoms with Gasteiger partial charge in [-0.05, 0) is 13.8 Å². The maximum absolute atomic E-state index is 13.3. The number of carbonyl (C=O) groups is 2. The first-order valence-electron chi connectivity index (χ1n) is 9.35. The fourth-order valence-electron chi connectivity index (χ4n) is 3.64. The maximum atomic E-state index is 13.3. The number of ether oxygens (including phenoxy) is 1. The molecule has 1 fully saturated rings. The molecule has 8 heteroatoms. The summed E-state index contributed by atoms with van der Waals surface area (Å²) in [6.45, 7) is 3.72. The zero-order chi connectivity index (χ0) is 21.9. The third kappa shape index (κ3) is 4.21. The number of urea groups is 1. The maximum Gasteiger partial charge on any atom is 0.327 e. The van der Waals surface area contributed by atoms with Gasteiger partial charge in [-0.1, -0.05) is 108 Å². The zero-order valence-electron chi connectivity index (χ0n) is 16.4. The van der Waals surface area contributed by atoms with E-state index in [9.17, 15) is 9.59 Å². The Morgan fingerprint density at radius 3 is 1.97 bits per heavy atom. The van der Waals surface area contributed by atoms with Crippen LogP contribution in [0.5, 0.6) is 0 Å². The monoisotopic (exact) mass is 466 g/mol. The third-order valence-corrected chi connectivity index (χ3v) is 5.45. The minimum Gasteiger partial charge on any atom is -0.337 e. The van der Waals surface area contributed by atoms with Crippen LogP contribution >= 0.6 is 34.8 Å². The molecule has 0 aromatic heterocycles. The number of amides is 3. The van der Waals surface area contributed by atoms with E-state index in [1.165, 1.54) is 4.90 Å². The molecule has 158 valence electrons. The first-order valence-corrected chi connectivity index (χ1v) is 10.5. The van der Waals surface area contributed by atoms with Crippen LogP contribution in [0.4, 0.5) is 4.79 Å². The molecule has 0 saturated carbocycles. The van der Waals surface area contributed by atoms with Crippen molar-refractivity contribution in [3.8, 4) is 0 Å². The summed E-state index contributed by atoms with van der Waals surface area (Å²) in [5, 5.41) is 2.20. The molecule has 30 heavy (non-hydrogen) atoms. The Labute approximate surface area is 190 Å². The van der Waals surface area contributed by atoms with E-state index in [1.54, 1.807) is 0 Å². The van der Waals surface area contributed by atoms with E-state index in [2.05, 4.69) is 5.32 Å². The van der Waals surface area contributed by atoms with Gasteiger partial charge >= 0.3 is 6.03 Å². The number of carbonyl (C=O) groups excluding carboxylic acids is 2. The predicted molar refractivity (Wildman–Crippen MR) is 118 cm³/mol.